The summed E-state index contributed by atoms with van der Waals surface area (Å²) in [6, 6.07) is 6.44. The lowest BCUT2D eigenvalue weighted by atomic mass is 9.95. The molecule has 2 heterocycles. The summed E-state index contributed by atoms with van der Waals surface area (Å²) < 4.78 is 18.7. The van der Waals surface area contributed by atoms with Gasteiger partial charge in [0.25, 0.3) is 5.91 Å². The lowest BCUT2D eigenvalue weighted by Gasteiger charge is -2.25. The van der Waals surface area contributed by atoms with E-state index in [-0.39, 0.29) is 23.7 Å². The first-order chi connectivity index (χ1) is 10.6. The van der Waals surface area contributed by atoms with Crippen LogP contribution in [0.1, 0.15) is 31.4 Å². The normalized spacial score (nSPS) is 27.5. The average molecular weight is 301 g/mol. The van der Waals surface area contributed by atoms with Gasteiger partial charge >= 0.3 is 0 Å². The van der Waals surface area contributed by atoms with Crippen LogP contribution in [0.2, 0.25) is 0 Å². The summed E-state index contributed by atoms with van der Waals surface area (Å²) in [6.45, 7) is 4.11. The molecule has 0 N–H and O–H groups in total. The van der Waals surface area contributed by atoms with Crippen LogP contribution in [-0.2, 0) is 9.53 Å². The minimum atomic E-state index is -0.266. The van der Waals surface area contributed by atoms with Crippen molar-refractivity contribution in [3.8, 4) is 11.8 Å². The summed E-state index contributed by atoms with van der Waals surface area (Å²) in [5.74, 6) is 5.83. The van der Waals surface area contributed by atoms with Crippen molar-refractivity contribution in [2.75, 3.05) is 19.8 Å². The van der Waals surface area contributed by atoms with E-state index < -0.39 is 0 Å². The SMILES string of the molecule is C[C@@H]1CCN(C(=O)C#C[C@H]2CCOC2)[C@@H]1c1cccc(F)c1. The molecule has 3 atom stereocenters. The number of likely N-dealkylation sites (tertiary alicyclic amines) is 1. The molecule has 4 heteroatoms. The van der Waals surface area contributed by atoms with Gasteiger partial charge in [-0.1, -0.05) is 25.0 Å². The van der Waals surface area contributed by atoms with E-state index in [1.165, 1.54) is 12.1 Å². The number of benzene rings is 1. The molecule has 1 aromatic rings. The van der Waals surface area contributed by atoms with E-state index in [2.05, 4.69) is 18.8 Å². The van der Waals surface area contributed by atoms with Crippen molar-refractivity contribution in [3.63, 3.8) is 0 Å². The van der Waals surface area contributed by atoms with Crippen LogP contribution >= 0.6 is 0 Å². The number of halogens is 1. The number of ether oxygens (including phenoxy) is 1. The minimum absolute atomic E-state index is 0.0858. The zero-order valence-corrected chi connectivity index (χ0v) is 12.7. The van der Waals surface area contributed by atoms with Crippen molar-refractivity contribution < 1.29 is 13.9 Å². The molecule has 0 unspecified atom stereocenters. The van der Waals surface area contributed by atoms with Crippen molar-refractivity contribution in [2.45, 2.75) is 25.8 Å². The molecule has 0 saturated carbocycles. The predicted molar refractivity (Wildman–Crippen MR) is 81.3 cm³/mol. The third-order valence-corrected chi connectivity index (χ3v) is 4.46. The van der Waals surface area contributed by atoms with E-state index in [0.717, 1.165) is 25.0 Å². The van der Waals surface area contributed by atoms with Gasteiger partial charge in [0, 0.05) is 19.1 Å². The summed E-state index contributed by atoms with van der Waals surface area (Å²) in [7, 11) is 0. The number of amides is 1. The zero-order chi connectivity index (χ0) is 15.5. The number of rotatable bonds is 1. The van der Waals surface area contributed by atoms with Gasteiger partial charge in [-0.05, 0) is 42.4 Å². The highest BCUT2D eigenvalue weighted by atomic mass is 19.1. The van der Waals surface area contributed by atoms with E-state index in [9.17, 15) is 9.18 Å². The van der Waals surface area contributed by atoms with Crippen LogP contribution in [0.3, 0.4) is 0 Å². The Morgan fingerprint density at radius 3 is 3.00 bits per heavy atom. The molecule has 116 valence electrons. The first kappa shape index (κ1) is 15.1. The van der Waals surface area contributed by atoms with Crippen LogP contribution in [0.4, 0.5) is 4.39 Å². The molecule has 0 spiro atoms. The fourth-order valence-electron chi connectivity index (χ4n) is 3.26. The molecule has 1 aromatic carbocycles. The second-order valence-electron chi connectivity index (χ2n) is 6.09. The maximum atomic E-state index is 13.5. The van der Waals surface area contributed by atoms with E-state index in [1.807, 2.05) is 6.07 Å². The molecule has 2 fully saturated rings. The van der Waals surface area contributed by atoms with E-state index in [4.69, 9.17) is 4.74 Å². The first-order valence-corrected chi connectivity index (χ1v) is 7.80. The molecule has 0 aliphatic carbocycles. The van der Waals surface area contributed by atoms with Crippen molar-refractivity contribution in [1.29, 1.82) is 0 Å². The molecule has 0 aromatic heterocycles. The molecule has 3 nitrogen and oxygen atoms in total. The average Bonchev–Trinajstić information content (AvgIpc) is 3.14. The monoisotopic (exact) mass is 301 g/mol. The van der Waals surface area contributed by atoms with Gasteiger partial charge < -0.3 is 9.64 Å². The minimum Gasteiger partial charge on any atom is -0.380 e. The summed E-state index contributed by atoms with van der Waals surface area (Å²) in [5, 5.41) is 0. The maximum absolute atomic E-state index is 13.5. The molecular weight excluding hydrogens is 281 g/mol. The van der Waals surface area contributed by atoms with E-state index >= 15 is 0 Å². The Morgan fingerprint density at radius 2 is 2.27 bits per heavy atom. The molecule has 1 amide bonds. The maximum Gasteiger partial charge on any atom is 0.298 e. The molecule has 3 rings (SSSR count). The van der Waals surface area contributed by atoms with Crippen molar-refractivity contribution in [1.82, 2.24) is 4.90 Å². The van der Waals surface area contributed by atoms with Crippen LogP contribution < -0.4 is 0 Å². The summed E-state index contributed by atoms with van der Waals surface area (Å²) in [6.07, 6.45) is 1.81. The second kappa shape index (κ2) is 6.50. The molecule has 22 heavy (non-hydrogen) atoms. The van der Waals surface area contributed by atoms with Gasteiger partial charge in [0.2, 0.25) is 0 Å². The Morgan fingerprint density at radius 1 is 1.41 bits per heavy atom. The Balaban J connectivity index is 1.78. The third kappa shape index (κ3) is 3.15. The quantitative estimate of drug-likeness (QED) is 0.747. The van der Waals surface area contributed by atoms with Crippen molar-refractivity contribution >= 4 is 5.91 Å². The van der Waals surface area contributed by atoms with Gasteiger partial charge in [-0.25, -0.2) is 4.39 Å². The van der Waals surface area contributed by atoms with Crippen LogP contribution in [0.15, 0.2) is 24.3 Å². The van der Waals surface area contributed by atoms with Gasteiger partial charge in [-0.15, -0.1) is 0 Å². The lowest BCUT2D eigenvalue weighted by molar-refractivity contribution is -0.126. The Bertz CT molecular complexity index is 613. The van der Waals surface area contributed by atoms with Crippen molar-refractivity contribution in [3.05, 3.63) is 35.6 Å². The largest absolute Gasteiger partial charge is 0.380 e. The fourth-order valence-corrected chi connectivity index (χ4v) is 3.26. The number of carbonyl (C=O) groups excluding carboxylic acids is 1. The molecular formula is C18H20FNO2. The van der Waals surface area contributed by atoms with E-state index in [1.54, 1.807) is 11.0 Å². The first-order valence-electron chi connectivity index (χ1n) is 7.80. The van der Waals surface area contributed by atoms with Gasteiger partial charge in [0.15, 0.2) is 0 Å². The van der Waals surface area contributed by atoms with Gasteiger partial charge in [-0.3, -0.25) is 4.79 Å². The van der Waals surface area contributed by atoms with Gasteiger partial charge in [-0.2, -0.15) is 0 Å². The van der Waals surface area contributed by atoms with Crippen LogP contribution in [-0.4, -0.2) is 30.6 Å². The molecule has 0 radical (unpaired) electrons. The standard InChI is InChI=1S/C18H20FNO2/c1-13-7-9-20(17(21)6-5-14-8-10-22-12-14)18(13)15-3-2-4-16(19)11-15/h2-4,11,13-14,18H,7-10,12H2,1H3/t13-,14+,18+/m1/s1. The van der Waals surface area contributed by atoms with Gasteiger partial charge in [0.1, 0.15) is 5.82 Å². The molecule has 2 aliphatic heterocycles. The van der Waals surface area contributed by atoms with Crippen LogP contribution in [0.5, 0.6) is 0 Å². The summed E-state index contributed by atoms with van der Waals surface area (Å²) >= 11 is 0. The van der Waals surface area contributed by atoms with Gasteiger partial charge in [0.05, 0.1) is 12.6 Å². The number of nitrogens with zero attached hydrogens (tertiary/aromatic N) is 1. The highest BCUT2D eigenvalue weighted by Gasteiger charge is 2.35. The predicted octanol–water partition coefficient (Wildman–Crippen LogP) is 2.78. The van der Waals surface area contributed by atoms with Crippen molar-refractivity contribution in [2.24, 2.45) is 11.8 Å². The summed E-state index contributed by atoms with van der Waals surface area (Å²) in [4.78, 5) is 14.2. The van der Waals surface area contributed by atoms with E-state index in [0.29, 0.717) is 19.1 Å². The third-order valence-electron chi connectivity index (χ3n) is 4.46. The molecule has 2 saturated heterocycles. The Kier molecular flexibility index (Phi) is 4.44. The highest BCUT2D eigenvalue weighted by Crippen LogP contribution is 2.37. The summed E-state index contributed by atoms with van der Waals surface area (Å²) in [5.41, 5.74) is 0.851. The number of hydrogen-bond acceptors (Lipinski definition) is 2. The van der Waals surface area contributed by atoms with Crippen LogP contribution in [0.25, 0.3) is 0 Å². The lowest BCUT2D eigenvalue weighted by Crippen LogP contribution is -2.30. The second-order valence-corrected chi connectivity index (χ2v) is 6.09. The van der Waals surface area contributed by atoms with Crippen LogP contribution in [0, 0.1) is 29.5 Å². The smallest absolute Gasteiger partial charge is 0.298 e. The molecule has 0 bridgehead atoms. The number of carbonyl (C=O) groups is 1. The fraction of sp³-hybridized carbons (Fsp3) is 0.500. The Labute approximate surface area is 130 Å². The topological polar surface area (TPSA) is 29.5 Å². The zero-order valence-electron chi connectivity index (χ0n) is 12.7. The molecule has 2 aliphatic rings. The number of hydrogen-bond donors (Lipinski definition) is 0. The highest BCUT2D eigenvalue weighted by molar-refractivity contribution is 5.94. The Hall–Kier alpha value is -1.86.